The lowest BCUT2D eigenvalue weighted by Gasteiger charge is -2.71. The number of phenolic OH excluding ortho intramolecular Hbond substituents is 1. The van der Waals surface area contributed by atoms with Crippen molar-refractivity contribution in [3.63, 3.8) is 0 Å². The van der Waals surface area contributed by atoms with Crippen molar-refractivity contribution in [2.75, 3.05) is 28.4 Å². The second kappa shape index (κ2) is 15.3. The molecule has 11 atom stereocenters. The summed E-state index contributed by atoms with van der Waals surface area (Å²) in [5.74, 6) is 2.68. The second-order valence-corrected chi connectivity index (χ2v) is 20.0. The molecule has 328 valence electrons. The molecule has 4 N–H and O–H groups in total. The number of carboxylic acids is 1. The molecule has 0 saturated heterocycles. The zero-order valence-electron chi connectivity index (χ0n) is 37.3. The minimum Gasteiger partial charge on any atom is -0.504 e. The van der Waals surface area contributed by atoms with Gasteiger partial charge in [0.1, 0.15) is 16.7 Å². The molecule has 0 amide bonds. The first-order valence-electron chi connectivity index (χ1n) is 21.6. The third kappa shape index (κ3) is 6.25. The standard InChI is InChI=1S/C30H48O4.C19H18O7/c1-17-10-13-30(25(33)34)15-14-28(6)19(23(30)18(17)2)8-9-22-27(5)16-20(31)24(32)26(3,4)21(27)11-12-29(22,28)7;1-22-12-6-5-10(7-14(12)23-2)13-8-11(20)17-15(26-13)9-16(24-3)19(25-4)18(17)21/h8,17-18,20-24,31-32H,9-16H2,1-7H3,(H,33,34);5-9,21H,1-4H3/t17-,18+,20-,21+,22-,23+,24+,27+,28-,29-,30+;/m1./s1. The first kappa shape index (κ1) is 43.9. The van der Waals surface area contributed by atoms with Crippen LogP contribution in [0, 0.1) is 56.7 Å². The fourth-order valence-electron chi connectivity index (χ4n) is 13.7. The van der Waals surface area contributed by atoms with Gasteiger partial charge in [0.05, 0.1) is 46.1 Å². The molecule has 60 heavy (non-hydrogen) atoms. The van der Waals surface area contributed by atoms with Gasteiger partial charge in [0.25, 0.3) is 0 Å². The highest BCUT2D eigenvalue weighted by Gasteiger charge is 2.70. The van der Waals surface area contributed by atoms with Gasteiger partial charge in [-0.15, -0.1) is 0 Å². The van der Waals surface area contributed by atoms with Crippen LogP contribution < -0.4 is 24.4 Å². The summed E-state index contributed by atoms with van der Waals surface area (Å²) in [5, 5.41) is 42.8. The van der Waals surface area contributed by atoms with Crippen LogP contribution >= 0.6 is 0 Å². The lowest BCUT2D eigenvalue weighted by Crippen LogP contribution is -2.67. The van der Waals surface area contributed by atoms with Crippen LogP contribution in [0.25, 0.3) is 22.3 Å². The van der Waals surface area contributed by atoms with E-state index in [1.807, 2.05) is 0 Å². The number of carbonyl (C=O) groups is 1. The lowest BCUT2D eigenvalue weighted by atomic mass is 9.33. The Labute approximate surface area is 354 Å². The van der Waals surface area contributed by atoms with E-state index >= 15 is 0 Å². The fraction of sp³-hybridized carbons (Fsp3) is 0.633. The molecule has 4 saturated carbocycles. The molecule has 11 nitrogen and oxygen atoms in total. The van der Waals surface area contributed by atoms with E-state index in [1.165, 1.54) is 46.1 Å². The van der Waals surface area contributed by atoms with Gasteiger partial charge in [-0.25, -0.2) is 0 Å². The van der Waals surface area contributed by atoms with E-state index in [-0.39, 0.29) is 55.8 Å². The Kier molecular flexibility index (Phi) is 11.2. The Morgan fingerprint density at radius 1 is 0.817 bits per heavy atom. The number of rotatable bonds is 6. The summed E-state index contributed by atoms with van der Waals surface area (Å²) in [6, 6.07) is 7.95. The summed E-state index contributed by atoms with van der Waals surface area (Å²) in [7, 11) is 5.87. The Bertz CT molecular complexity index is 2240. The predicted octanol–water partition coefficient (Wildman–Crippen LogP) is 9.26. The number of ether oxygens (including phenoxy) is 4. The first-order chi connectivity index (χ1) is 28.2. The van der Waals surface area contributed by atoms with Crippen molar-refractivity contribution in [2.45, 2.75) is 112 Å². The molecule has 0 unspecified atom stereocenters. The summed E-state index contributed by atoms with van der Waals surface area (Å²) < 4.78 is 26.6. The maximum Gasteiger partial charge on any atom is 0.310 e. The number of aliphatic hydroxyl groups excluding tert-OH is 2. The highest BCUT2D eigenvalue weighted by Crippen LogP contribution is 2.75. The van der Waals surface area contributed by atoms with E-state index in [0.29, 0.717) is 52.9 Å². The predicted molar refractivity (Wildman–Crippen MR) is 230 cm³/mol. The average Bonchev–Trinajstić information content (AvgIpc) is 3.21. The highest BCUT2D eigenvalue weighted by atomic mass is 16.5. The molecule has 0 radical (unpaired) electrons. The third-order valence-electron chi connectivity index (χ3n) is 17.4. The monoisotopic (exact) mass is 830 g/mol. The van der Waals surface area contributed by atoms with Crippen LogP contribution in [0.3, 0.4) is 0 Å². The van der Waals surface area contributed by atoms with Gasteiger partial charge in [-0.1, -0.05) is 60.1 Å². The van der Waals surface area contributed by atoms with Crippen molar-refractivity contribution in [3.05, 3.63) is 52.2 Å². The summed E-state index contributed by atoms with van der Waals surface area (Å²) in [4.78, 5) is 25.4. The number of phenols is 1. The molecule has 5 aliphatic carbocycles. The van der Waals surface area contributed by atoms with Crippen LogP contribution in [-0.2, 0) is 4.79 Å². The van der Waals surface area contributed by atoms with Gasteiger partial charge in [-0.2, -0.15) is 0 Å². The van der Waals surface area contributed by atoms with Crippen molar-refractivity contribution < 1.29 is 48.6 Å². The van der Waals surface area contributed by atoms with Crippen molar-refractivity contribution in [2.24, 2.45) is 56.7 Å². The normalized spacial score (nSPS) is 36.5. The molecule has 0 spiro atoms. The average molecular weight is 831 g/mol. The van der Waals surface area contributed by atoms with E-state index in [1.54, 1.807) is 18.2 Å². The minimum atomic E-state index is -0.679. The SMILES string of the molecule is COc1ccc(-c2cc(=O)c3c(O)c(OC)c(OC)cc3o2)cc1OC.C[C@H]1[C@H](C)CC[C@]2(C(=O)O)CC[C@]3(C)C(=CC[C@@H]4[C@@]5(C)C[C@@H](O)[C@H](O)C(C)(C)[C@@H]5CC[C@]43C)[C@H]12. The number of methoxy groups -OCH3 is 4. The molecule has 3 aromatic rings. The molecule has 2 aromatic carbocycles. The lowest BCUT2D eigenvalue weighted by molar-refractivity contribution is -0.232. The van der Waals surface area contributed by atoms with Crippen LogP contribution in [0.5, 0.6) is 28.7 Å². The maximum atomic E-state index is 12.8. The largest absolute Gasteiger partial charge is 0.504 e. The van der Waals surface area contributed by atoms with E-state index in [2.05, 4.69) is 54.5 Å². The summed E-state index contributed by atoms with van der Waals surface area (Å²) >= 11 is 0. The van der Waals surface area contributed by atoms with Crippen LogP contribution in [-0.4, -0.2) is 67.0 Å². The molecule has 8 rings (SSSR count). The number of benzene rings is 2. The molecule has 11 heteroatoms. The van der Waals surface area contributed by atoms with Crippen LogP contribution in [0.1, 0.15) is 99.8 Å². The van der Waals surface area contributed by atoms with Crippen LogP contribution in [0.4, 0.5) is 0 Å². The molecule has 0 aliphatic heterocycles. The van der Waals surface area contributed by atoms with Crippen molar-refractivity contribution in [1.29, 1.82) is 0 Å². The van der Waals surface area contributed by atoms with Gasteiger partial charge >= 0.3 is 5.97 Å². The fourth-order valence-corrected chi connectivity index (χ4v) is 13.7. The van der Waals surface area contributed by atoms with Crippen LogP contribution in [0.2, 0.25) is 0 Å². The smallest absolute Gasteiger partial charge is 0.310 e. The summed E-state index contributed by atoms with van der Waals surface area (Å²) in [5.41, 5.74) is 0.966. The Morgan fingerprint density at radius 2 is 1.50 bits per heavy atom. The van der Waals surface area contributed by atoms with E-state index in [0.717, 1.165) is 44.9 Å². The summed E-state index contributed by atoms with van der Waals surface area (Å²) in [6.07, 6.45) is 8.53. The molecular weight excluding hydrogens is 765 g/mol. The van der Waals surface area contributed by atoms with Crippen molar-refractivity contribution >= 4 is 16.9 Å². The van der Waals surface area contributed by atoms with Gasteiger partial charge in [-0.3, -0.25) is 9.59 Å². The highest BCUT2D eigenvalue weighted by molar-refractivity contribution is 5.89. The molecular formula is C49H66O11. The first-order valence-corrected chi connectivity index (χ1v) is 21.6. The zero-order valence-corrected chi connectivity index (χ0v) is 37.3. The van der Waals surface area contributed by atoms with Crippen molar-refractivity contribution in [3.8, 4) is 40.1 Å². The number of carboxylic acid groups (broad SMARTS) is 1. The quantitative estimate of drug-likeness (QED) is 0.175. The zero-order chi connectivity index (χ0) is 43.9. The Morgan fingerprint density at radius 3 is 2.13 bits per heavy atom. The Hall–Kier alpha value is -4.22. The summed E-state index contributed by atoms with van der Waals surface area (Å²) in [6.45, 7) is 16.3. The minimum absolute atomic E-state index is 0.00993. The van der Waals surface area contributed by atoms with E-state index < -0.39 is 29.0 Å². The Balaban J connectivity index is 0.000000189. The molecule has 1 heterocycles. The van der Waals surface area contributed by atoms with E-state index in [9.17, 15) is 30.0 Å². The number of aliphatic carboxylic acids is 1. The number of aliphatic hydroxyl groups is 2. The molecule has 5 aliphatic rings. The molecule has 0 bridgehead atoms. The van der Waals surface area contributed by atoms with Gasteiger partial charge in [0, 0.05) is 17.7 Å². The van der Waals surface area contributed by atoms with Gasteiger partial charge in [0.2, 0.25) is 5.75 Å². The number of hydrogen-bond donors (Lipinski definition) is 4. The topological polar surface area (TPSA) is 165 Å². The van der Waals surface area contributed by atoms with E-state index in [4.69, 9.17) is 23.4 Å². The number of aromatic hydroxyl groups is 1. The third-order valence-corrected chi connectivity index (χ3v) is 17.4. The number of hydrogen-bond acceptors (Lipinski definition) is 10. The number of fused-ring (bicyclic) bond motifs is 8. The molecule has 4 fully saturated rings. The van der Waals surface area contributed by atoms with Gasteiger partial charge in [0.15, 0.2) is 28.4 Å². The second-order valence-electron chi connectivity index (χ2n) is 20.0. The maximum absolute atomic E-state index is 12.8. The van der Waals surface area contributed by atoms with Gasteiger partial charge < -0.3 is 43.8 Å². The van der Waals surface area contributed by atoms with Crippen LogP contribution in [0.15, 0.2) is 51.2 Å². The number of allylic oxidation sites excluding steroid dienone is 2. The van der Waals surface area contributed by atoms with Crippen molar-refractivity contribution in [1.82, 2.24) is 0 Å². The molecule has 1 aromatic heterocycles. The van der Waals surface area contributed by atoms with Gasteiger partial charge in [-0.05, 0) is 121 Å².